The Morgan fingerprint density at radius 3 is 1.57 bits per heavy atom. The number of benzene rings is 6. The summed E-state index contributed by atoms with van der Waals surface area (Å²) in [4.78, 5) is 1.37. The van der Waals surface area contributed by atoms with Crippen molar-refractivity contribution in [2.75, 3.05) is 6.54 Å². The number of allylic oxidation sites excluding steroid dienone is 1. The Labute approximate surface area is 311 Å². The molecular weight excluding hydrogens is 677 g/mol. The van der Waals surface area contributed by atoms with Crippen LogP contribution in [0.2, 0.25) is 0 Å². The number of thiophene rings is 3. The first kappa shape index (κ1) is 33.5. The van der Waals surface area contributed by atoms with Crippen LogP contribution in [0.1, 0.15) is 42.8 Å². The van der Waals surface area contributed by atoms with Gasteiger partial charge >= 0.3 is 0 Å². The molecule has 2 nitrogen and oxygen atoms in total. The summed E-state index contributed by atoms with van der Waals surface area (Å²) in [7, 11) is 0. The molecule has 0 amide bonds. The van der Waals surface area contributed by atoms with Crippen LogP contribution in [-0.4, -0.2) is 6.54 Å². The molecule has 4 N–H and O–H groups in total. The first-order valence-corrected chi connectivity index (χ1v) is 20.0. The monoisotopic (exact) mass is 716 g/mol. The van der Waals surface area contributed by atoms with Gasteiger partial charge in [0, 0.05) is 62.5 Å². The standard InChI is InChI=1S/C44H31NS3.C2H6.H3N/c1-3-8-30-25(2)46-41-22-27(14-17-33(30)41)36-19-29(26-13-16-34-31-9-4-6-11-39(31)47-42(34)21-26)20-37(44(36)38-24-45-38)28-15-18-35-32-10-5-7-12-40(32)48-43(35)23-28;1-2;/h3-23,38,45H,24H2,1-2H3;1-2H3;1H3/b8-3-;;. The Morgan fingerprint density at radius 1 is 0.549 bits per heavy atom. The van der Waals surface area contributed by atoms with Crippen molar-refractivity contribution in [3.05, 3.63) is 137 Å². The van der Waals surface area contributed by atoms with E-state index in [0.29, 0.717) is 6.04 Å². The van der Waals surface area contributed by atoms with Gasteiger partial charge in [0.1, 0.15) is 0 Å². The number of rotatable bonds is 5. The van der Waals surface area contributed by atoms with Crippen LogP contribution in [0.25, 0.3) is 89.9 Å². The zero-order chi connectivity index (χ0) is 33.9. The van der Waals surface area contributed by atoms with Gasteiger partial charge in [-0.1, -0.05) is 98.8 Å². The molecular formula is C46H40N2S3. The summed E-state index contributed by atoms with van der Waals surface area (Å²) in [5.74, 6) is 0. The highest BCUT2D eigenvalue weighted by Gasteiger charge is 2.30. The molecule has 1 aliphatic rings. The highest BCUT2D eigenvalue weighted by Crippen LogP contribution is 2.47. The van der Waals surface area contributed by atoms with Crippen LogP contribution < -0.4 is 11.5 Å². The summed E-state index contributed by atoms with van der Waals surface area (Å²) in [6.45, 7) is 9.35. The van der Waals surface area contributed by atoms with E-state index in [1.165, 1.54) is 99.8 Å². The van der Waals surface area contributed by atoms with E-state index in [2.05, 4.69) is 147 Å². The lowest BCUT2D eigenvalue weighted by Crippen LogP contribution is -1.97. The SMILES string of the molecule is C/C=C\c1c(C)sc2cc(-c3cc(-c4ccc5c(c4)sc4ccccc45)cc(-c4ccc5c(c4)sc4ccccc45)c3C3CN3)ccc12.CC.N. The van der Waals surface area contributed by atoms with Crippen LogP contribution in [0.4, 0.5) is 0 Å². The fourth-order valence-corrected chi connectivity index (χ4v) is 10.9. The highest BCUT2D eigenvalue weighted by molar-refractivity contribution is 7.26. The molecule has 0 radical (unpaired) electrons. The van der Waals surface area contributed by atoms with Crippen molar-refractivity contribution in [1.29, 1.82) is 0 Å². The van der Waals surface area contributed by atoms with Gasteiger partial charge in [0.25, 0.3) is 0 Å². The van der Waals surface area contributed by atoms with Gasteiger partial charge in [-0.05, 0) is 106 Å². The summed E-state index contributed by atoms with van der Waals surface area (Å²) in [6, 6.07) is 44.1. The minimum atomic E-state index is 0. The van der Waals surface area contributed by atoms with Crippen LogP contribution in [0.5, 0.6) is 0 Å². The maximum absolute atomic E-state index is 3.69. The third-order valence-electron chi connectivity index (χ3n) is 9.90. The molecule has 0 aliphatic carbocycles. The molecule has 6 aromatic carbocycles. The van der Waals surface area contributed by atoms with Crippen molar-refractivity contribution >= 4 is 90.5 Å². The molecule has 0 saturated carbocycles. The molecule has 252 valence electrons. The zero-order valence-corrected chi connectivity index (χ0v) is 31.8. The van der Waals surface area contributed by atoms with E-state index in [9.17, 15) is 0 Å². The summed E-state index contributed by atoms with van der Waals surface area (Å²) < 4.78 is 6.71. The average molecular weight is 717 g/mol. The summed E-state index contributed by atoms with van der Waals surface area (Å²) in [6.07, 6.45) is 4.40. The van der Waals surface area contributed by atoms with Gasteiger partial charge in [-0.2, -0.15) is 0 Å². The van der Waals surface area contributed by atoms with E-state index in [1.807, 2.05) is 47.9 Å². The van der Waals surface area contributed by atoms with E-state index in [1.54, 1.807) is 0 Å². The van der Waals surface area contributed by atoms with E-state index >= 15 is 0 Å². The second kappa shape index (κ2) is 13.5. The van der Waals surface area contributed by atoms with Crippen molar-refractivity contribution in [2.24, 2.45) is 0 Å². The molecule has 1 unspecified atom stereocenters. The van der Waals surface area contributed by atoms with Crippen molar-refractivity contribution in [2.45, 2.75) is 33.7 Å². The van der Waals surface area contributed by atoms with Crippen LogP contribution in [-0.2, 0) is 0 Å². The minimum absolute atomic E-state index is 0. The molecule has 51 heavy (non-hydrogen) atoms. The number of fused-ring (bicyclic) bond motifs is 7. The molecule has 4 heterocycles. The maximum Gasteiger partial charge on any atom is 0.0460 e. The lowest BCUT2D eigenvalue weighted by atomic mass is 9.86. The molecule has 1 saturated heterocycles. The smallest absolute Gasteiger partial charge is 0.0460 e. The first-order chi connectivity index (χ1) is 24.6. The Hall–Kier alpha value is -4.62. The minimum Gasteiger partial charge on any atom is -0.344 e. The van der Waals surface area contributed by atoms with Gasteiger partial charge in [-0.3, -0.25) is 0 Å². The van der Waals surface area contributed by atoms with E-state index in [-0.39, 0.29) is 6.15 Å². The fourth-order valence-electron chi connectivity index (χ4n) is 7.52. The van der Waals surface area contributed by atoms with Gasteiger partial charge in [-0.15, -0.1) is 34.0 Å². The molecule has 9 aromatic rings. The van der Waals surface area contributed by atoms with Crippen molar-refractivity contribution in [3.8, 4) is 33.4 Å². The summed E-state index contributed by atoms with van der Waals surface area (Å²) in [5.41, 5.74) is 10.5. The summed E-state index contributed by atoms with van der Waals surface area (Å²) in [5, 5.41) is 10.4. The van der Waals surface area contributed by atoms with Gasteiger partial charge in [0.05, 0.1) is 0 Å². The van der Waals surface area contributed by atoms with Gasteiger partial charge in [0.2, 0.25) is 0 Å². The number of hydrogen-bond donors (Lipinski definition) is 2. The second-order valence-corrected chi connectivity index (χ2v) is 16.3. The Kier molecular flexibility index (Phi) is 8.87. The molecule has 10 rings (SSSR count). The average Bonchev–Trinajstić information content (AvgIpc) is 3.73. The predicted molar refractivity (Wildman–Crippen MR) is 230 cm³/mol. The highest BCUT2D eigenvalue weighted by atomic mass is 32.1. The van der Waals surface area contributed by atoms with Crippen molar-refractivity contribution < 1.29 is 0 Å². The predicted octanol–water partition coefficient (Wildman–Crippen LogP) is 14.8. The third kappa shape index (κ3) is 5.70. The molecule has 1 atom stereocenters. The van der Waals surface area contributed by atoms with E-state index < -0.39 is 0 Å². The van der Waals surface area contributed by atoms with Crippen LogP contribution >= 0.6 is 34.0 Å². The van der Waals surface area contributed by atoms with E-state index in [0.717, 1.165) is 6.54 Å². The number of aryl methyl sites for hydroxylation is 1. The first-order valence-electron chi connectivity index (χ1n) is 17.5. The molecule has 1 fully saturated rings. The normalized spacial score (nSPS) is 14.1. The largest absolute Gasteiger partial charge is 0.344 e. The third-order valence-corrected chi connectivity index (χ3v) is 13.2. The molecule has 0 spiro atoms. The lowest BCUT2D eigenvalue weighted by Gasteiger charge is -2.18. The molecule has 5 heteroatoms. The lowest BCUT2D eigenvalue weighted by molar-refractivity contribution is 1.08. The maximum atomic E-state index is 3.69. The number of hydrogen-bond acceptors (Lipinski definition) is 5. The van der Waals surface area contributed by atoms with Crippen LogP contribution in [0.15, 0.2) is 121 Å². The van der Waals surface area contributed by atoms with Crippen molar-refractivity contribution in [3.63, 3.8) is 0 Å². The van der Waals surface area contributed by atoms with E-state index in [4.69, 9.17) is 0 Å². The Balaban J connectivity index is 0.00000123. The zero-order valence-electron chi connectivity index (χ0n) is 29.3. The summed E-state index contributed by atoms with van der Waals surface area (Å²) >= 11 is 5.69. The van der Waals surface area contributed by atoms with Gasteiger partial charge in [-0.25, -0.2) is 0 Å². The fraction of sp³-hybridized carbons (Fsp3) is 0.130. The molecule has 0 bridgehead atoms. The Bertz CT molecular complexity index is 2770. The topological polar surface area (TPSA) is 56.9 Å². The molecule has 1 aliphatic heterocycles. The Morgan fingerprint density at radius 2 is 1.02 bits per heavy atom. The quantitative estimate of drug-likeness (QED) is 0.174. The van der Waals surface area contributed by atoms with Crippen LogP contribution in [0, 0.1) is 6.92 Å². The van der Waals surface area contributed by atoms with Crippen molar-refractivity contribution in [1.82, 2.24) is 11.5 Å². The van der Waals surface area contributed by atoms with Crippen LogP contribution in [0.3, 0.4) is 0 Å². The van der Waals surface area contributed by atoms with Gasteiger partial charge < -0.3 is 11.5 Å². The second-order valence-electron chi connectivity index (χ2n) is 12.8. The number of nitrogens with one attached hydrogen (secondary N) is 1. The van der Waals surface area contributed by atoms with Gasteiger partial charge in [0.15, 0.2) is 0 Å². The molecule has 3 aromatic heterocycles.